The topological polar surface area (TPSA) is 135 Å². The molecule has 3 aliphatic rings. The van der Waals surface area contributed by atoms with Crippen LogP contribution in [0.4, 0.5) is 17.2 Å². The summed E-state index contributed by atoms with van der Waals surface area (Å²) in [5, 5.41) is 18.4. The fourth-order valence-electron chi connectivity index (χ4n) is 7.47. The Hall–Kier alpha value is -4.85. The van der Waals surface area contributed by atoms with Crippen LogP contribution in [0.1, 0.15) is 37.6 Å². The minimum absolute atomic E-state index is 0.143. The van der Waals surface area contributed by atoms with Gasteiger partial charge in [-0.2, -0.15) is 9.78 Å². The highest BCUT2D eigenvalue weighted by Gasteiger charge is 2.32. The average molecular weight is 664 g/mol. The lowest BCUT2D eigenvalue weighted by Crippen LogP contribution is -2.56. The van der Waals surface area contributed by atoms with Gasteiger partial charge in [0.15, 0.2) is 5.82 Å². The highest BCUT2D eigenvalue weighted by molar-refractivity contribution is 5.73. The number of ether oxygens (including phenoxy) is 1. The number of piperazine rings is 1. The lowest BCUT2D eigenvalue weighted by molar-refractivity contribution is -0.0660. The molecule has 0 atom stereocenters. The van der Waals surface area contributed by atoms with Crippen LogP contribution in [0.25, 0.3) is 22.5 Å². The van der Waals surface area contributed by atoms with Gasteiger partial charge in [0.05, 0.1) is 37.7 Å². The van der Waals surface area contributed by atoms with Crippen LogP contribution in [-0.2, 0) is 30.7 Å². The smallest absolute Gasteiger partial charge is 0.297 e. The predicted octanol–water partition coefficient (Wildman–Crippen LogP) is 3.01. The summed E-state index contributed by atoms with van der Waals surface area (Å²) in [6, 6.07) is 9.95. The molecule has 0 spiro atoms. The molecule has 0 radical (unpaired) electrons. The molecule has 13 heteroatoms. The van der Waals surface area contributed by atoms with Crippen molar-refractivity contribution in [1.29, 1.82) is 0 Å². The molecule has 1 aliphatic carbocycles. The maximum absolute atomic E-state index is 13.8. The van der Waals surface area contributed by atoms with Gasteiger partial charge in [0.1, 0.15) is 23.3 Å². The molecule has 13 nitrogen and oxygen atoms in total. The van der Waals surface area contributed by atoms with E-state index in [2.05, 4.69) is 44.0 Å². The number of aliphatic hydroxyl groups is 1. The molecule has 0 saturated carbocycles. The average Bonchev–Trinajstić information content (AvgIpc) is 3.57. The van der Waals surface area contributed by atoms with E-state index in [-0.39, 0.29) is 29.0 Å². The standard InChI is InChI=1S/C36H41N9O4/c1-4-41-18-24(13-29(34(41)47)40-32-6-5-25(17-38-32)42-9-11-43(12-10-42)26-20-49-21-26)27-7-8-37-33(28(27)19-46)45-35(48)30-14-23-15-36(2,3)16-31(23)44(30)22-39-45/h5-8,13-14,17-18,22,26,46H,4,9-12,15-16,19-21H2,1-3H3,(H,38,40). The monoisotopic (exact) mass is 663 g/mol. The van der Waals surface area contributed by atoms with Crippen molar-refractivity contribution in [2.45, 2.75) is 52.8 Å². The number of pyridine rings is 3. The minimum Gasteiger partial charge on any atom is -0.392 e. The molecule has 7 heterocycles. The Labute approximate surface area is 283 Å². The van der Waals surface area contributed by atoms with Crippen molar-refractivity contribution in [3.63, 3.8) is 0 Å². The SMILES string of the molecule is CCn1cc(-c2ccnc(-n3ncn4c5c(cc4c3=O)CC(C)(C)C5)c2CO)cc(Nc2ccc(N3CCN(C4COC4)CC3)cn2)c1=O. The summed E-state index contributed by atoms with van der Waals surface area (Å²) >= 11 is 0. The van der Waals surface area contributed by atoms with Crippen molar-refractivity contribution in [3.8, 4) is 16.9 Å². The Balaban J connectivity index is 1.09. The van der Waals surface area contributed by atoms with Crippen LogP contribution in [0.2, 0.25) is 0 Å². The summed E-state index contributed by atoms with van der Waals surface area (Å²) in [7, 11) is 0. The molecule has 0 amide bonds. The third kappa shape index (κ3) is 5.61. The second kappa shape index (κ2) is 12.2. The van der Waals surface area contributed by atoms with Gasteiger partial charge in [0, 0.05) is 61.9 Å². The molecule has 5 aromatic rings. The molecule has 2 N–H and O–H groups in total. The van der Waals surface area contributed by atoms with Gasteiger partial charge in [-0.15, -0.1) is 0 Å². The largest absolute Gasteiger partial charge is 0.392 e. The number of aryl methyl sites for hydroxylation is 1. The van der Waals surface area contributed by atoms with Gasteiger partial charge in [0.25, 0.3) is 11.1 Å². The third-order valence-electron chi connectivity index (χ3n) is 10.2. The van der Waals surface area contributed by atoms with Crippen LogP contribution >= 0.6 is 0 Å². The van der Waals surface area contributed by atoms with Crippen molar-refractivity contribution in [2.75, 3.05) is 49.6 Å². The number of aliphatic hydroxyl groups excluding tert-OH is 1. The Morgan fingerprint density at radius 2 is 1.84 bits per heavy atom. The second-order valence-corrected chi connectivity index (χ2v) is 14.0. The Kier molecular flexibility index (Phi) is 7.85. The summed E-state index contributed by atoms with van der Waals surface area (Å²) in [6.45, 7) is 11.9. The first kappa shape index (κ1) is 31.4. The lowest BCUT2D eigenvalue weighted by Gasteiger charge is -2.43. The number of hydrogen-bond acceptors (Lipinski definition) is 10. The van der Waals surface area contributed by atoms with E-state index in [4.69, 9.17) is 4.74 Å². The van der Waals surface area contributed by atoms with Gasteiger partial charge < -0.3 is 24.6 Å². The first-order valence-corrected chi connectivity index (χ1v) is 17.0. The highest BCUT2D eigenvalue weighted by Crippen LogP contribution is 2.37. The number of nitrogens with zero attached hydrogens (tertiary/aromatic N) is 8. The zero-order valence-corrected chi connectivity index (χ0v) is 28.1. The van der Waals surface area contributed by atoms with Crippen molar-refractivity contribution in [1.82, 2.24) is 33.6 Å². The number of anilines is 3. The summed E-state index contributed by atoms with van der Waals surface area (Å²) in [6.07, 6.45) is 8.63. The quantitative estimate of drug-likeness (QED) is 0.255. The van der Waals surface area contributed by atoms with Crippen molar-refractivity contribution in [3.05, 3.63) is 92.8 Å². The molecule has 8 rings (SSSR count). The molecule has 49 heavy (non-hydrogen) atoms. The Morgan fingerprint density at radius 3 is 2.53 bits per heavy atom. The zero-order valence-electron chi connectivity index (χ0n) is 28.1. The third-order valence-corrected chi connectivity index (χ3v) is 10.2. The number of aromatic nitrogens is 6. The normalized spacial score (nSPS) is 17.8. The van der Waals surface area contributed by atoms with Crippen LogP contribution in [0.3, 0.4) is 0 Å². The van der Waals surface area contributed by atoms with Gasteiger partial charge in [-0.05, 0) is 66.6 Å². The van der Waals surface area contributed by atoms with Crippen LogP contribution in [0.15, 0.2) is 64.8 Å². The molecular weight excluding hydrogens is 622 g/mol. The predicted molar refractivity (Wildman–Crippen MR) is 187 cm³/mol. The number of nitrogens with one attached hydrogen (secondary N) is 1. The number of hydrogen-bond donors (Lipinski definition) is 2. The molecule has 2 aliphatic heterocycles. The molecule has 2 fully saturated rings. The molecule has 2 saturated heterocycles. The van der Waals surface area contributed by atoms with E-state index in [1.165, 1.54) is 4.68 Å². The highest BCUT2D eigenvalue weighted by atomic mass is 16.5. The van der Waals surface area contributed by atoms with E-state index in [1.54, 1.807) is 35.4 Å². The van der Waals surface area contributed by atoms with Gasteiger partial charge in [-0.25, -0.2) is 9.97 Å². The summed E-state index contributed by atoms with van der Waals surface area (Å²) in [5.41, 5.74) is 5.60. The zero-order chi connectivity index (χ0) is 33.9. The van der Waals surface area contributed by atoms with Crippen LogP contribution in [0.5, 0.6) is 0 Å². The van der Waals surface area contributed by atoms with E-state index in [1.807, 2.05) is 35.7 Å². The lowest BCUT2D eigenvalue weighted by atomic mass is 9.90. The van der Waals surface area contributed by atoms with Gasteiger partial charge in [-0.3, -0.25) is 18.9 Å². The van der Waals surface area contributed by atoms with Gasteiger partial charge in [-0.1, -0.05) is 13.8 Å². The summed E-state index contributed by atoms with van der Waals surface area (Å²) in [4.78, 5) is 41.2. The van der Waals surface area contributed by atoms with Crippen LogP contribution in [0, 0.1) is 5.41 Å². The fourth-order valence-corrected chi connectivity index (χ4v) is 7.47. The van der Waals surface area contributed by atoms with Gasteiger partial charge in [0.2, 0.25) is 0 Å². The van der Waals surface area contributed by atoms with E-state index >= 15 is 0 Å². The van der Waals surface area contributed by atoms with Crippen LogP contribution in [-0.4, -0.2) is 84.2 Å². The first-order valence-electron chi connectivity index (χ1n) is 17.0. The minimum atomic E-state index is -0.386. The summed E-state index contributed by atoms with van der Waals surface area (Å²) < 4.78 is 10.1. The molecule has 254 valence electrons. The summed E-state index contributed by atoms with van der Waals surface area (Å²) in [5.74, 6) is 0.798. The van der Waals surface area contributed by atoms with Crippen molar-refractivity contribution >= 4 is 22.7 Å². The van der Waals surface area contributed by atoms with E-state index < -0.39 is 0 Å². The van der Waals surface area contributed by atoms with Crippen molar-refractivity contribution in [2.24, 2.45) is 5.41 Å². The number of rotatable bonds is 8. The molecule has 5 aromatic heterocycles. The molecule has 0 aromatic carbocycles. The molecular formula is C36H41N9O4. The van der Waals surface area contributed by atoms with E-state index in [0.29, 0.717) is 46.3 Å². The van der Waals surface area contributed by atoms with E-state index in [0.717, 1.165) is 69.2 Å². The second-order valence-electron chi connectivity index (χ2n) is 14.0. The molecule has 0 bridgehead atoms. The Bertz CT molecular complexity index is 2160. The van der Waals surface area contributed by atoms with Crippen molar-refractivity contribution < 1.29 is 9.84 Å². The van der Waals surface area contributed by atoms with E-state index in [9.17, 15) is 14.7 Å². The van der Waals surface area contributed by atoms with Crippen LogP contribution < -0.4 is 21.3 Å². The number of fused-ring (bicyclic) bond motifs is 3. The fraction of sp³-hybridized carbons (Fsp3) is 0.417. The van der Waals surface area contributed by atoms with Gasteiger partial charge >= 0.3 is 0 Å². The maximum atomic E-state index is 13.8. The Morgan fingerprint density at radius 1 is 1.02 bits per heavy atom. The molecule has 0 unspecified atom stereocenters. The maximum Gasteiger partial charge on any atom is 0.297 e. The first-order chi connectivity index (χ1) is 23.7.